The highest BCUT2D eigenvalue weighted by atomic mass is 32.1. The number of carbonyl (C=O) groups is 3. The average molecular weight is 511 g/mol. The van der Waals surface area contributed by atoms with Gasteiger partial charge in [0.05, 0.1) is 17.9 Å². The second kappa shape index (κ2) is 9.15. The van der Waals surface area contributed by atoms with E-state index >= 15 is 0 Å². The maximum Gasteiger partial charge on any atom is 0.350 e. The molecule has 0 radical (unpaired) electrons. The topological polar surface area (TPSA) is 128 Å². The maximum absolute atomic E-state index is 13.3. The first kappa shape index (κ1) is 23.6. The van der Waals surface area contributed by atoms with Gasteiger partial charge in [-0.05, 0) is 51.1 Å². The van der Waals surface area contributed by atoms with Crippen molar-refractivity contribution in [2.24, 2.45) is 0 Å². The Morgan fingerprint density at radius 1 is 1.17 bits per heavy atom. The zero-order chi connectivity index (χ0) is 25.6. The Morgan fingerprint density at radius 3 is 2.61 bits per heavy atom. The predicted molar refractivity (Wildman–Crippen MR) is 128 cm³/mol. The number of anilines is 1. The maximum atomic E-state index is 13.3. The van der Waals surface area contributed by atoms with Crippen LogP contribution in [0.15, 0.2) is 40.3 Å². The molecule has 1 aromatic carbocycles. The van der Waals surface area contributed by atoms with Gasteiger partial charge in [-0.3, -0.25) is 14.5 Å². The van der Waals surface area contributed by atoms with Crippen molar-refractivity contribution in [1.29, 1.82) is 0 Å². The van der Waals surface area contributed by atoms with Gasteiger partial charge in [0.25, 0.3) is 5.78 Å². The van der Waals surface area contributed by atoms with Gasteiger partial charge >= 0.3 is 11.9 Å². The lowest BCUT2D eigenvalue weighted by Crippen LogP contribution is -2.29. The van der Waals surface area contributed by atoms with Gasteiger partial charge in [-0.2, -0.15) is 0 Å². The minimum atomic E-state index is -1.10. The lowest BCUT2D eigenvalue weighted by Gasteiger charge is -2.21. The van der Waals surface area contributed by atoms with E-state index in [2.05, 4.69) is 4.98 Å². The number of ketones is 1. The summed E-state index contributed by atoms with van der Waals surface area (Å²) in [6.45, 7) is 5.96. The van der Waals surface area contributed by atoms with Crippen molar-refractivity contribution in [3.05, 3.63) is 63.6 Å². The van der Waals surface area contributed by atoms with Crippen molar-refractivity contribution in [3.63, 3.8) is 0 Å². The van der Waals surface area contributed by atoms with E-state index in [0.29, 0.717) is 36.2 Å². The Labute approximate surface area is 209 Å². The summed E-state index contributed by atoms with van der Waals surface area (Å²) in [5, 5.41) is 11.4. The number of esters is 1. The smallest absolute Gasteiger partial charge is 0.350 e. The number of fused-ring (bicyclic) bond motifs is 1. The molecule has 2 aromatic heterocycles. The summed E-state index contributed by atoms with van der Waals surface area (Å²) in [5.41, 5.74) is 0.459. The molecule has 3 aromatic rings. The lowest BCUT2D eigenvalue weighted by atomic mass is 9.99. The molecule has 2 aliphatic rings. The Kier molecular flexibility index (Phi) is 6.00. The molecule has 1 atom stereocenters. The summed E-state index contributed by atoms with van der Waals surface area (Å²) in [5.74, 6) is -1.04. The van der Waals surface area contributed by atoms with Crippen LogP contribution in [0, 0.1) is 13.8 Å². The van der Waals surface area contributed by atoms with Crippen LogP contribution in [0.5, 0.6) is 11.5 Å². The number of aliphatic hydroxyl groups excluding tert-OH is 1. The van der Waals surface area contributed by atoms with Crippen molar-refractivity contribution in [1.82, 2.24) is 4.98 Å². The Morgan fingerprint density at radius 2 is 1.92 bits per heavy atom. The first-order valence-electron chi connectivity index (χ1n) is 11.2. The average Bonchev–Trinajstić information content (AvgIpc) is 3.54. The van der Waals surface area contributed by atoms with Gasteiger partial charge in [-0.1, -0.05) is 11.3 Å². The van der Waals surface area contributed by atoms with E-state index in [-0.39, 0.29) is 33.5 Å². The molecule has 5 rings (SSSR count). The Balaban J connectivity index is 1.65. The van der Waals surface area contributed by atoms with Gasteiger partial charge in [-0.15, -0.1) is 0 Å². The molecule has 10 nitrogen and oxygen atoms in total. The molecule has 1 fully saturated rings. The fourth-order valence-corrected chi connectivity index (χ4v) is 5.10. The van der Waals surface area contributed by atoms with Crippen LogP contribution < -0.4 is 14.4 Å². The third-order valence-corrected chi connectivity index (χ3v) is 6.88. The molecule has 1 N–H and O–H groups in total. The highest BCUT2D eigenvalue weighted by Crippen LogP contribution is 2.45. The van der Waals surface area contributed by atoms with Crippen LogP contribution in [-0.2, 0) is 14.3 Å². The summed E-state index contributed by atoms with van der Waals surface area (Å²) >= 11 is 0.929. The lowest BCUT2D eigenvalue weighted by molar-refractivity contribution is -0.132. The monoisotopic (exact) mass is 510 g/mol. The van der Waals surface area contributed by atoms with Crippen molar-refractivity contribution >= 4 is 39.9 Å². The van der Waals surface area contributed by atoms with E-state index < -0.39 is 29.5 Å². The van der Waals surface area contributed by atoms with E-state index in [1.54, 1.807) is 51.1 Å². The van der Waals surface area contributed by atoms with Crippen molar-refractivity contribution < 1.29 is 38.1 Å². The van der Waals surface area contributed by atoms with Gasteiger partial charge < -0.3 is 23.7 Å². The number of aliphatic hydroxyl groups is 1. The summed E-state index contributed by atoms with van der Waals surface area (Å²) in [4.78, 5) is 44.7. The van der Waals surface area contributed by atoms with Gasteiger partial charge in [-0.25, -0.2) is 9.78 Å². The number of benzene rings is 1. The molecule has 4 heterocycles. The number of hydrogen-bond donors (Lipinski definition) is 1. The van der Waals surface area contributed by atoms with E-state index in [0.717, 1.165) is 16.2 Å². The molecule has 0 bridgehead atoms. The van der Waals surface area contributed by atoms with E-state index in [1.165, 1.54) is 0 Å². The summed E-state index contributed by atoms with van der Waals surface area (Å²) < 4.78 is 22.0. The van der Waals surface area contributed by atoms with Crippen LogP contribution in [0.25, 0.3) is 5.76 Å². The molecular weight excluding hydrogens is 488 g/mol. The van der Waals surface area contributed by atoms with Gasteiger partial charge in [0, 0.05) is 5.56 Å². The standard InChI is InChI=1S/C25H22N2O8S/c1-4-32-24(31)22-13(3)26-25(36-22)27-19(16-7-5-12(2)35-16)18(21(29)23(27)30)20(28)14-6-8-15-17(11-14)34-10-9-33-15/h5-8,11,19,28H,4,9-10H2,1-3H3/b20-18+. The number of furan rings is 1. The quantitative estimate of drug-likeness (QED) is 0.235. The molecular formula is C25H22N2O8S. The third kappa shape index (κ3) is 3.91. The number of ether oxygens (including phenoxy) is 3. The first-order chi connectivity index (χ1) is 17.3. The highest BCUT2D eigenvalue weighted by Gasteiger charge is 2.50. The molecule has 0 spiro atoms. The van der Waals surface area contributed by atoms with Crippen LogP contribution in [-0.4, -0.2) is 47.6 Å². The minimum absolute atomic E-state index is 0.109. The molecule has 1 amide bonds. The van der Waals surface area contributed by atoms with Crippen molar-refractivity contribution in [2.45, 2.75) is 26.8 Å². The van der Waals surface area contributed by atoms with Gasteiger partial charge in [0.2, 0.25) is 0 Å². The Bertz CT molecular complexity index is 1420. The van der Waals surface area contributed by atoms with Crippen LogP contribution in [0.1, 0.15) is 45.4 Å². The number of rotatable bonds is 5. The molecule has 2 aliphatic heterocycles. The number of amides is 1. The largest absolute Gasteiger partial charge is 0.507 e. The van der Waals surface area contributed by atoms with E-state index in [1.807, 2.05) is 0 Å². The molecule has 11 heteroatoms. The summed E-state index contributed by atoms with van der Waals surface area (Å²) in [6, 6.07) is 6.97. The number of thiazole rings is 1. The first-order valence-corrected chi connectivity index (χ1v) is 12.0. The number of hydrogen-bond acceptors (Lipinski definition) is 10. The van der Waals surface area contributed by atoms with Gasteiger partial charge in [0.15, 0.2) is 16.6 Å². The van der Waals surface area contributed by atoms with Crippen LogP contribution in [0.4, 0.5) is 5.13 Å². The molecule has 0 saturated carbocycles. The molecule has 1 unspecified atom stereocenters. The highest BCUT2D eigenvalue weighted by molar-refractivity contribution is 7.17. The predicted octanol–water partition coefficient (Wildman–Crippen LogP) is 3.93. The fraction of sp³-hybridized carbons (Fsp3) is 0.280. The van der Waals surface area contributed by atoms with Crippen molar-refractivity contribution in [2.75, 3.05) is 24.7 Å². The number of aromatic nitrogens is 1. The van der Waals surface area contributed by atoms with E-state index in [4.69, 9.17) is 18.6 Å². The zero-order valence-electron chi connectivity index (χ0n) is 19.7. The van der Waals surface area contributed by atoms with Crippen LogP contribution in [0.3, 0.4) is 0 Å². The third-order valence-electron chi connectivity index (χ3n) is 5.74. The molecule has 1 saturated heterocycles. The van der Waals surface area contributed by atoms with Crippen LogP contribution >= 0.6 is 11.3 Å². The number of aryl methyl sites for hydroxylation is 2. The second-order valence-electron chi connectivity index (χ2n) is 8.11. The molecule has 36 heavy (non-hydrogen) atoms. The molecule has 186 valence electrons. The summed E-state index contributed by atoms with van der Waals surface area (Å²) in [7, 11) is 0. The second-order valence-corrected chi connectivity index (χ2v) is 9.08. The van der Waals surface area contributed by atoms with Crippen molar-refractivity contribution in [3.8, 4) is 11.5 Å². The fourth-order valence-electron chi connectivity index (χ4n) is 4.12. The van der Waals surface area contributed by atoms with Gasteiger partial charge in [0.1, 0.15) is 41.4 Å². The zero-order valence-corrected chi connectivity index (χ0v) is 20.5. The van der Waals surface area contributed by atoms with E-state index in [9.17, 15) is 19.5 Å². The normalized spacial score (nSPS) is 18.5. The minimum Gasteiger partial charge on any atom is -0.507 e. The Hall–Kier alpha value is -4.12. The SMILES string of the molecule is CCOC(=O)c1sc(N2C(=O)C(=O)/C(=C(/O)c3ccc4c(c3)OCCO4)C2c2ccc(C)o2)nc1C. The number of nitrogens with zero attached hydrogens (tertiary/aromatic N) is 2. The van der Waals surface area contributed by atoms with Crippen LogP contribution in [0.2, 0.25) is 0 Å². The number of carbonyl (C=O) groups excluding carboxylic acids is 3. The molecule has 0 aliphatic carbocycles. The summed E-state index contributed by atoms with van der Waals surface area (Å²) in [6.07, 6.45) is 0. The number of Topliss-reactive ketones (excluding diaryl/α,β-unsaturated/α-hetero) is 1.